The second-order valence-electron chi connectivity index (χ2n) is 7.17. The van der Waals surface area contributed by atoms with Crippen LogP contribution in [0.15, 0.2) is 78.9 Å². The Kier molecular flexibility index (Phi) is 4.53. The predicted molar refractivity (Wildman–Crippen MR) is 110 cm³/mol. The molecule has 0 N–H and O–H groups in total. The predicted octanol–water partition coefficient (Wildman–Crippen LogP) is 4.53. The molecule has 0 aliphatic carbocycles. The maximum atomic E-state index is 13.4. The highest BCUT2D eigenvalue weighted by Gasteiger charge is 2.60. The summed E-state index contributed by atoms with van der Waals surface area (Å²) in [6.45, 7) is 0. The van der Waals surface area contributed by atoms with E-state index in [-0.39, 0.29) is 0 Å². The zero-order chi connectivity index (χ0) is 20.8. The van der Waals surface area contributed by atoms with Crippen molar-refractivity contribution in [3.63, 3.8) is 0 Å². The Hall–Kier alpha value is -3.22. The largest absolute Gasteiger partial charge is 0.273 e. The van der Waals surface area contributed by atoms with E-state index in [0.717, 1.165) is 4.90 Å². The number of hydroxylamine groups is 1. The first-order chi connectivity index (χ1) is 14.6. The van der Waals surface area contributed by atoms with Crippen molar-refractivity contribution in [1.82, 2.24) is 0 Å². The summed E-state index contributed by atoms with van der Waals surface area (Å²) in [5.74, 6) is -2.12. The number of halogens is 2. The average molecular weight is 423 g/mol. The van der Waals surface area contributed by atoms with Crippen LogP contribution < -0.4 is 9.96 Å². The standard InChI is InChI=1S/C23H16ClFN2O3/c24-18-9-5-4-8-17(18)20-19-21(30-27(20)16-6-2-1-3-7-16)23(29)26(22(19)28)15-12-10-14(25)11-13-15/h1-13,19-21H. The molecular formula is C23H16ClFN2O3. The highest BCUT2D eigenvalue weighted by molar-refractivity contribution is 6.31. The van der Waals surface area contributed by atoms with E-state index < -0.39 is 35.7 Å². The van der Waals surface area contributed by atoms with Crippen LogP contribution >= 0.6 is 11.6 Å². The minimum Gasteiger partial charge on any atom is -0.273 e. The molecule has 2 aliphatic rings. The van der Waals surface area contributed by atoms with E-state index >= 15 is 0 Å². The molecule has 0 aromatic heterocycles. The number of amides is 2. The second-order valence-corrected chi connectivity index (χ2v) is 7.57. The van der Waals surface area contributed by atoms with Gasteiger partial charge in [0, 0.05) is 5.02 Å². The number of para-hydroxylation sites is 1. The highest BCUT2D eigenvalue weighted by Crippen LogP contribution is 2.48. The first kappa shape index (κ1) is 18.8. The van der Waals surface area contributed by atoms with Crippen LogP contribution in [0.4, 0.5) is 15.8 Å². The van der Waals surface area contributed by atoms with Crippen molar-refractivity contribution in [3.05, 3.63) is 95.3 Å². The van der Waals surface area contributed by atoms with E-state index in [9.17, 15) is 14.0 Å². The summed E-state index contributed by atoms with van der Waals surface area (Å²) in [5.41, 5.74) is 1.72. The molecule has 0 radical (unpaired) electrons. The fourth-order valence-corrected chi connectivity index (χ4v) is 4.34. The summed E-state index contributed by atoms with van der Waals surface area (Å²) < 4.78 is 13.3. The van der Waals surface area contributed by atoms with Gasteiger partial charge in [0.25, 0.3) is 5.91 Å². The summed E-state index contributed by atoms with van der Waals surface area (Å²) in [6, 6.07) is 21.1. The molecule has 0 spiro atoms. The molecule has 0 bridgehead atoms. The lowest BCUT2D eigenvalue weighted by molar-refractivity contribution is -0.126. The quantitative estimate of drug-likeness (QED) is 0.582. The van der Waals surface area contributed by atoms with Crippen LogP contribution in [0.5, 0.6) is 0 Å². The summed E-state index contributed by atoms with van der Waals surface area (Å²) in [7, 11) is 0. The average Bonchev–Trinajstić information content (AvgIpc) is 3.26. The molecule has 5 nitrogen and oxygen atoms in total. The molecule has 2 saturated heterocycles. The summed E-state index contributed by atoms with van der Waals surface area (Å²) in [5, 5.41) is 2.07. The van der Waals surface area contributed by atoms with Crippen molar-refractivity contribution < 1.29 is 18.8 Å². The molecule has 7 heteroatoms. The number of fused-ring (bicyclic) bond motifs is 1. The molecule has 3 unspecified atom stereocenters. The van der Waals surface area contributed by atoms with Gasteiger partial charge in [0.1, 0.15) is 11.7 Å². The van der Waals surface area contributed by atoms with Gasteiger partial charge in [0.05, 0.1) is 17.4 Å². The van der Waals surface area contributed by atoms with Gasteiger partial charge in [-0.15, -0.1) is 0 Å². The van der Waals surface area contributed by atoms with E-state index in [2.05, 4.69) is 0 Å². The Balaban J connectivity index is 1.60. The fraction of sp³-hybridized carbons (Fsp3) is 0.130. The molecule has 2 amide bonds. The van der Waals surface area contributed by atoms with Gasteiger partial charge in [-0.2, -0.15) is 0 Å². The van der Waals surface area contributed by atoms with Crippen LogP contribution in [-0.4, -0.2) is 17.9 Å². The third-order valence-electron chi connectivity index (χ3n) is 5.43. The first-order valence-electron chi connectivity index (χ1n) is 9.45. The number of benzene rings is 3. The summed E-state index contributed by atoms with van der Waals surface area (Å²) >= 11 is 6.47. The number of carbonyl (C=O) groups is 2. The van der Waals surface area contributed by atoms with Crippen LogP contribution in [0.2, 0.25) is 5.02 Å². The van der Waals surface area contributed by atoms with Crippen LogP contribution in [0.1, 0.15) is 11.6 Å². The molecular weight excluding hydrogens is 407 g/mol. The van der Waals surface area contributed by atoms with Gasteiger partial charge in [-0.1, -0.05) is 48.0 Å². The lowest BCUT2D eigenvalue weighted by Gasteiger charge is -2.29. The Morgan fingerprint density at radius 3 is 2.17 bits per heavy atom. The number of nitrogens with zero attached hydrogens (tertiary/aromatic N) is 2. The monoisotopic (exact) mass is 422 g/mol. The van der Waals surface area contributed by atoms with Crippen LogP contribution in [0.3, 0.4) is 0 Å². The Morgan fingerprint density at radius 1 is 0.800 bits per heavy atom. The smallest absolute Gasteiger partial charge is 0.266 e. The molecule has 3 aromatic carbocycles. The number of anilines is 2. The van der Waals surface area contributed by atoms with Crippen molar-refractivity contribution in [2.75, 3.05) is 9.96 Å². The van der Waals surface area contributed by atoms with Crippen LogP contribution in [0, 0.1) is 11.7 Å². The second kappa shape index (κ2) is 7.23. The number of carbonyl (C=O) groups excluding carboxylic acids is 2. The number of rotatable bonds is 3. The Bertz CT molecular complexity index is 1120. The lowest BCUT2D eigenvalue weighted by atomic mass is 9.90. The molecule has 2 heterocycles. The van der Waals surface area contributed by atoms with Crippen LogP contribution in [-0.2, 0) is 14.4 Å². The minimum atomic E-state index is -0.996. The van der Waals surface area contributed by atoms with Gasteiger partial charge in [0.15, 0.2) is 6.10 Å². The van der Waals surface area contributed by atoms with Gasteiger partial charge in [0.2, 0.25) is 5.91 Å². The fourth-order valence-electron chi connectivity index (χ4n) is 4.09. The molecule has 3 aromatic rings. The van der Waals surface area contributed by atoms with E-state index in [0.29, 0.717) is 22.0 Å². The first-order valence-corrected chi connectivity index (χ1v) is 9.83. The van der Waals surface area contributed by atoms with Crippen molar-refractivity contribution in [3.8, 4) is 0 Å². The Morgan fingerprint density at radius 2 is 1.47 bits per heavy atom. The zero-order valence-corrected chi connectivity index (χ0v) is 16.4. The van der Waals surface area contributed by atoms with Crippen LogP contribution in [0.25, 0.3) is 0 Å². The molecule has 0 saturated carbocycles. The van der Waals surface area contributed by atoms with Crippen molar-refractivity contribution >= 4 is 34.8 Å². The molecule has 150 valence electrons. The van der Waals surface area contributed by atoms with E-state index in [1.54, 1.807) is 17.2 Å². The number of hydrogen-bond acceptors (Lipinski definition) is 4. The van der Waals surface area contributed by atoms with Gasteiger partial charge in [-0.25, -0.2) is 14.4 Å². The number of imide groups is 1. The Labute approximate surface area is 177 Å². The summed E-state index contributed by atoms with van der Waals surface area (Å²) in [4.78, 5) is 33.7. The number of hydrogen-bond donors (Lipinski definition) is 0. The summed E-state index contributed by atoms with van der Waals surface area (Å²) in [6.07, 6.45) is -0.996. The van der Waals surface area contributed by atoms with Crippen molar-refractivity contribution in [1.29, 1.82) is 0 Å². The maximum absolute atomic E-state index is 13.4. The molecule has 5 rings (SSSR count). The van der Waals surface area contributed by atoms with E-state index in [1.165, 1.54) is 24.3 Å². The van der Waals surface area contributed by atoms with Gasteiger partial charge >= 0.3 is 0 Å². The lowest BCUT2D eigenvalue weighted by Crippen LogP contribution is -2.37. The maximum Gasteiger partial charge on any atom is 0.266 e. The van der Waals surface area contributed by atoms with E-state index in [4.69, 9.17) is 16.4 Å². The normalized spacial score (nSPS) is 23.2. The molecule has 2 aliphatic heterocycles. The van der Waals surface area contributed by atoms with Gasteiger partial charge in [-0.3, -0.25) is 14.4 Å². The SMILES string of the molecule is O=C1C2ON(c3ccccc3)C(c3ccccc3Cl)C2C(=O)N1c1ccc(F)cc1. The minimum absolute atomic E-state index is 0.313. The zero-order valence-electron chi connectivity index (χ0n) is 15.6. The third-order valence-corrected chi connectivity index (χ3v) is 5.78. The van der Waals surface area contributed by atoms with Crippen molar-refractivity contribution in [2.45, 2.75) is 12.1 Å². The van der Waals surface area contributed by atoms with E-state index in [1.807, 2.05) is 42.5 Å². The van der Waals surface area contributed by atoms with Gasteiger partial charge in [-0.05, 0) is 48.0 Å². The molecule has 3 atom stereocenters. The molecule has 30 heavy (non-hydrogen) atoms. The highest BCUT2D eigenvalue weighted by atomic mass is 35.5. The topological polar surface area (TPSA) is 49.9 Å². The molecule has 2 fully saturated rings. The van der Waals surface area contributed by atoms with Crippen molar-refractivity contribution in [2.24, 2.45) is 5.92 Å². The van der Waals surface area contributed by atoms with Gasteiger partial charge < -0.3 is 0 Å². The third kappa shape index (κ3) is 2.88.